The number of amides is 2. The lowest BCUT2D eigenvalue weighted by atomic mass is 10.1. The van der Waals surface area contributed by atoms with Crippen molar-refractivity contribution >= 4 is 23.4 Å². The topological polar surface area (TPSA) is 59.1 Å². The summed E-state index contributed by atoms with van der Waals surface area (Å²) in [5.41, 5.74) is 0.436. The van der Waals surface area contributed by atoms with Crippen molar-refractivity contribution in [2.75, 3.05) is 39.9 Å². The number of carbonyl (C=O) groups excluding carboxylic acids is 2. The summed E-state index contributed by atoms with van der Waals surface area (Å²) in [4.78, 5) is 28.8. The van der Waals surface area contributed by atoms with Gasteiger partial charge in [0, 0.05) is 37.8 Å². The third-order valence-corrected chi connectivity index (χ3v) is 5.27. The molecule has 8 heteroatoms. The van der Waals surface area contributed by atoms with Crippen LogP contribution in [0.2, 0.25) is 5.02 Å². The minimum Gasteiger partial charge on any atom is -0.493 e. The van der Waals surface area contributed by atoms with Gasteiger partial charge in [-0.05, 0) is 49.6 Å². The van der Waals surface area contributed by atoms with Crippen LogP contribution in [0.15, 0.2) is 42.5 Å². The molecule has 3 rings (SSSR count). The van der Waals surface area contributed by atoms with Crippen LogP contribution in [0.3, 0.4) is 0 Å². The quantitative estimate of drug-likeness (QED) is 0.711. The number of halogens is 2. The molecular weight excluding hydrogens is 423 g/mol. The van der Waals surface area contributed by atoms with Crippen LogP contribution in [0.5, 0.6) is 11.5 Å². The van der Waals surface area contributed by atoms with E-state index in [4.69, 9.17) is 21.1 Å². The average Bonchev–Trinajstić information content (AvgIpc) is 2.77. The zero-order valence-corrected chi connectivity index (χ0v) is 18.2. The van der Waals surface area contributed by atoms with Crippen molar-refractivity contribution in [2.45, 2.75) is 19.3 Å². The molecule has 6 nitrogen and oxygen atoms in total. The number of ether oxygens (including phenoxy) is 2. The highest BCUT2D eigenvalue weighted by Gasteiger charge is 2.20. The molecule has 1 heterocycles. The van der Waals surface area contributed by atoms with Crippen molar-refractivity contribution in [2.24, 2.45) is 0 Å². The molecule has 31 heavy (non-hydrogen) atoms. The maximum absolute atomic E-state index is 13.3. The van der Waals surface area contributed by atoms with Crippen LogP contribution in [0.1, 0.15) is 29.6 Å². The fourth-order valence-electron chi connectivity index (χ4n) is 3.35. The Labute approximate surface area is 186 Å². The predicted molar refractivity (Wildman–Crippen MR) is 116 cm³/mol. The van der Waals surface area contributed by atoms with Crippen LogP contribution in [0, 0.1) is 5.82 Å². The Hall–Kier alpha value is -2.80. The zero-order chi connectivity index (χ0) is 22.2. The minimum absolute atomic E-state index is 0.145. The minimum atomic E-state index is -0.412. The zero-order valence-electron chi connectivity index (χ0n) is 17.5. The van der Waals surface area contributed by atoms with Crippen molar-refractivity contribution < 1.29 is 23.5 Å². The van der Waals surface area contributed by atoms with Crippen molar-refractivity contribution in [1.29, 1.82) is 0 Å². The van der Waals surface area contributed by atoms with Crippen LogP contribution in [-0.4, -0.2) is 61.5 Å². The van der Waals surface area contributed by atoms with Gasteiger partial charge in [-0.15, -0.1) is 0 Å². The molecule has 0 spiro atoms. The second kappa shape index (κ2) is 11.0. The van der Waals surface area contributed by atoms with Gasteiger partial charge in [-0.25, -0.2) is 4.39 Å². The Bertz CT molecular complexity index is 924. The summed E-state index contributed by atoms with van der Waals surface area (Å²) < 4.78 is 24.6. The maximum atomic E-state index is 13.3. The van der Waals surface area contributed by atoms with E-state index in [9.17, 15) is 14.0 Å². The Balaban J connectivity index is 1.64. The lowest BCUT2D eigenvalue weighted by Gasteiger charge is -2.23. The molecule has 0 aliphatic carbocycles. The summed E-state index contributed by atoms with van der Waals surface area (Å²) in [5.74, 6) is 0.0689. The molecule has 1 aliphatic rings. The summed E-state index contributed by atoms with van der Waals surface area (Å²) in [6.45, 7) is 1.78. The number of fused-ring (bicyclic) bond motifs is 1. The van der Waals surface area contributed by atoms with Gasteiger partial charge in [-0.3, -0.25) is 9.59 Å². The fraction of sp³-hybridized carbons (Fsp3) is 0.391. The second-order valence-corrected chi connectivity index (χ2v) is 7.84. The molecule has 0 N–H and O–H groups in total. The molecule has 0 saturated heterocycles. The van der Waals surface area contributed by atoms with E-state index in [1.165, 1.54) is 18.2 Å². The van der Waals surface area contributed by atoms with Gasteiger partial charge in [-0.1, -0.05) is 17.7 Å². The molecular formula is C23H26ClFN2O4. The number of carbonyl (C=O) groups is 2. The van der Waals surface area contributed by atoms with E-state index in [1.54, 1.807) is 41.1 Å². The van der Waals surface area contributed by atoms with Crippen molar-refractivity contribution in [3.63, 3.8) is 0 Å². The van der Waals surface area contributed by atoms with Crippen molar-refractivity contribution in [3.8, 4) is 11.5 Å². The van der Waals surface area contributed by atoms with Crippen molar-refractivity contribution in [1.82, 2.24) is 9.80 Å². The number of nitrogens with zero attached hydrogens (tertiary/aromatic N) is 2. The molecule has 2 aromatic rings. The molecule has 0 radical (unpaired) electrons. The summed E-state index contributed by atoms with van der Waals surface area (Å²) in [6.07, 6.45) is 2.08. The van der Waals surface area contributed by atoms with Crippen molar-refractivity contribution in [3.05, 3.63) is 58.9 Å². The highest BCUT2D eigenvalue weighted by molar-refractivity contribution is 6.31. The van der Waals surface area contributed by atoms with Gasteiger partial charge in [0.05, 0.1) is 12.2 Å². The van der Waals surface area contributed by atoms with E-state index in [0.717, 1.165) is 12.8 Å². The van der Waals surface area contributed by atoms with Crippen LogP contribution in [0.25, 0.3) is 0 Å². The third-order valence-electron chi connectivity index (χ3n) is 5.03. The Kier molecular flexibility index (Phi) is 8.12. The normalized spacial score (nSPS) is 15.8. The smallest absolute Gasteiger partial charge is 0.260 e. The monoisotopic (exact) mass is 448 g/mol. The molecule has 0 saturated carbocycles. The van der Waals surface area contributed by atoms with Gasteiger partial charge in [0.1, 0.15) is 17.3 Å². The summed E-state index contributed by atoms with van der Waals surface area (Å²) in [5, 5.41) is 0.475. The molecule has 0 fully saturated rings. The number of hydrogen-bond acceptors (Lipinski definition) is 4. The first kappa shape index (κ1) is 22.9. The third kappa shape index (κ3) is 6.59. The molecule has 0 unspecified atom stereocenters. The summed E-state index contributed by atoms with van der Waals surface area (Å²) in [7, 11) is 1.74. The van der Waals surface area contributed by atoms with Gasteiger partial charge in [-0.2, -0.15) is 0 Å². The maximum Gasteiger partial charge on any atom is 0.260 e. The molecule has 2 amide bonds. The standard InChI is InChI=1S/C23H26ClFN2O4/c1-26-10-2-3-11-27(22(28)16-31-19-7-4-6-18(25)15-19)12-5-13-30-21-9-8-17(24)14-20(21)23(26)29/h4,6-9,14-15H,2-3,5,10-13,16H2,1H3. The Morgan fingerprint density at radius 3 is 2.71 bits per heavy atom. The SMILES string of the molecule is CN1CCCCN(C(=O)COc2cccc(F)c2)CCCOc2ccc(Cl)cc2C1=O. The van der Waals surface area contributed by atoms with E-state index in [-0.39, 0.29) is 18.4 Å². The first-order chi connectivity index (χ1) is 14.9. The largest absolute Gasteiger partial charge is 0.493 e. The molecule has 1 aliphatic heterocycles. The van der Waals surface area contributed by atoms with Gasteiger partial charge in [0.2, 0.25) is 0 Å². The second-order valence-electron chi connectivity index (χ2n) is 7.40. The fourth-order valence-corrected chi connectivity index (χ4v) is 3.52. The molecule has 0 atom stereocenters. The average molecular weight is 449 g/mol. The van der Waals surface area contributed by atoms with E-state index in [2.05, 4.69) is 0 Å². The first-order valence-electron chi connectivity index (χ1n) is 10.3. The Morgan fingerprint density at radius 2 is 1.90 bits per heavy atom. The lowest BCUT2D eigenvalue weighted by Crippen LogP contribution is -2.37. The van der Waals surface area contributed by atoms with Crippen LogP contribution in [0.4, 0.5) is 4.39 Å². The molecule has 2 aromatic carbocycles. The summed E-state index contributed by atoms with van der Waals surface area (Å²) in [6, 6.07) is 10.7. The Morgan fingerprint density at radius 1 is 1.13 bits per heavy atom. The first-order valence-corrected chi connectivity index (χ1v) is 10.7. The molecule has 0 aromatic heterocycles. The highest BCUT2D eigenvalue weighted by atomic mass is 35.5. The number of hydrogen-bond donors (Lipinski definition) is 0. The van der Waals surface area contributed by atoms with Crippen LogP contribution >= 0.6 is 11.6 Å². The lowest BCUT2D eigenvalue weighted by molar-refractivity contribution is -0.133. The van der Waals surface area contributed by atoms with Gasteiger partial charge in [0.25, 0.3) is 11.8 Å². The number of benzene rings is 2. The molecule has 166 valence electrons. The van der Waals surface area contributed by atoms with E-state index < -0.39 is 5.82 Å². The van der Waals surface area contributed by atoms with E-state index in [0.29, 0.717) is 54.7 Å². The van der Waals surface area contributed by atoms with Crippen LogP contribution in [-0.2, 0) is 4.79 Å². The molecule has 0 bridgehead atoms. The number of rotatable bonds is 3. The van der Waals surface area contributed by atoms with E-state index >= 15 is 0 Å². The summed E-state index contributed by atoms with van der Waals surface area (Å²) >= 11 is 6.07. The van der Waals surface area contributed by atoms with Gasteiger partial charge >= 0.3 is 0 Å². The van der Waals surface area contributed by atoms with Crippen LogP contribution < -0.4 is 9.47 Å². The van der Waals surface area contributed by atoms with Gasteiger partial charge in [0.15, 0.2) is 6.61 Å². The predicted octanol–water partition coefficient (Wildman–Crippen LogP) is 4.02. The van der Waals surface area contributed by atoms with E-state index in [1.807, 2.05) is 0 Å². The van der Waals surface area contributed by atoms with Gasteiger partial charge < -0.3 is 19.3 Å². The highest BCUT2D eigenvalue weighted by Crippen LogP contribution is 2.25.